The third kappa shape index (κ3) is 7.87. The molecule has 0 aliphatic rings. The summed E-state index contributed by atoms with van der Waals surface area (Å²) in [5.74, 6) is 0. The van der Waals surface area contributed by atoms with Crippen molar-refractivity contribution >= 4 is 10.4 Å². The summed E-state index contributed by atoms with van der Waals surface area (Å²) < 4.78 is 33.1. The lowest BCUT2D eigenvalue weighted by atomic mass is 10.4. The van der Waals surface area contributed by atoms with Gasteiger partial charge in [0.25, 0.3) is 0 Å². The Morgan fingerprint density at radius 3 is 2.44 bits per heavy atom. The summed E-state index contributed by atoms with van der Waals surface area (Å²) in [5, 5.41) is 0. The fourth-order valence-corrected chi connectivity index (χ4v) is 0.627. The molecular formula is C4H9O4S-. The minimum absolute atomic E-state index is 0.00231. The van der Waals surface area contributed by atoms with Gasteiger partial charge >= 0.3 is 0 Å². The molecule has 0 atom stereocenters. The van der Waals surface area contributed by atoms with Crippen LogP contribution in [0.3, 0.4) is 0 Å². The lowest BCUT2D eigenvalue weighted by molar-refractivity contribution is 0.257. The molecule has 0 heterocycles. The molecule has 0 aromatic rings. The fourth-order valence-electron chi connectivity index (χ4n) is 0.305. The Morgan fingerprint density at radius 1 is 1.56 bits per heavy atom. The SMILES string of the molecule is CCCCOS(=O)(=O)[O-]. The van der Waals surface area contributed by atoms with Crippen LogP contribution in [0.25, 0.3) is 0 Å². The molecule has 9 heavy (non-hydrogen) atoms. The van der Waals surface area contributed by atoms with E-state index in [2.05, 4.69) is 4.18 Å². The molecule has 0 amide bonds. The largest absolute Gasteiger partial charge is 0.726 e. The van der Waals surface area contributed by atoms with Gasteiger partial charge < -0.3 is 4.55 Å². The van der Waals surface area contributed by atoms with Crippen LogP contribution in [0.5, 0.6) is 0 Å². The van der Waals surface area contributed by atoms with E-state index in [0.717, 1.165) is 6.42 Å². The van der Waals surface area contributed by atoms with Gasteiger partial charge in [0.15, 0.2) is 0 Å². The first-order chi connectivity index (χ1) is 4.06. The van der Waals surface area contributed by atoms with Crippen LogP contribution < -0.4 is 0 Å². The van der Waals surface area contributed by atoms with E-state index >= 15 is 0 Å². The predicted molar refractivity (Wildman–Crippen MR) is 30.6 cm³/mol. The summed E-state index contributed by atoms with van der Waals surface area (Å²) >= 11 is 0. The quantitative estimate of drug-likeness (QED) is 0.330. The molecule has 0 unspecified atom stereocenters. The van der Waals surface area contributed by atoms with Crippen molar-refractivity contribution in [1.29, 1.82) is 0 Å². The van der Waals surface area contributed by atoms with E-state index in [1.165, 1.54) is 0 Å². The van der Waals surface area contributed by atoms with Crippen LogP contribution in [0, 0.1) is 0 Å². The van der Waals surface area contributed by atoms with E-state index in [9.17, 15) is 13.0 Å². The highest BCUT2D eigenvalue weighted by Gasteiger charge is 1.90. The Bertz CT molecular complexity index is 148. The first kappa shape index (κ1) is 8.87. The molecule has 0 radical (unpaired) electrons. The minimum Gasteiger partial charge on any atom is -0.726 e. The first-order valence-corrected chi connectivity index (χ1v) is 4.00. The molecule has 0 bridgehead atoms. The van der Waals surface area contributed by atoms with E-state index in [-0.39, 0.29) is 6.61 Å². The Balaban J connectivity index is 3.30. The summed E-state index contributed by atoms with van der Waals surface area (Å²) in [6.45, 7) is 1.88. The highest BCUT2D eigenvalue weighted by atomic mass is 32.3. The van der Waals surface area contributed by atoms with Crippen molar-refractivity contribution in [2.45, 2.75) is 19.8 Å². The van der Waals surface area contributed by atoms with Gasteiger partial charge in [-0.1, -0.05) is 13.3 Å². The van der Waals surface area contributed by atoms with E-state index < -0.39 is 10.4 Å². The molecule has 56 valence electrons. The van der Waals surface area contributed by atoms with Crippen LogP contribution >= 0.6 is 0 Å². The molecule has 0 aliphatic carbocycles. The van der Waals surface area contributed by atoms with Gasteiger partial charge in [-0.25, -0.2) is 8.42 Å². The summed E-state index contributed by atoms with van der Waals surface area (Å²) in [7, 11) is -4.45. The van der Waals surface area contributed by atoms with Crippen molar-refractivity contribution in [2.75, 3.05) is 6.61 Å². The smallest absolute Gasteiger partial charge is 0.217 e. The monoisotopic (exact) mass is 153 g/mol. The van der Waals surface area contributed by atoms with Gasteiger partial charge in [0.05, 0.1) is 6.61 Å². The second-order valence-corrected chi connectivity index (χ2v) is 2.64. The molecule has 0 fully saturated rings. The Morgan fingerprint density at radius 2 is 2.11 bits per heavy atom. The predicted octanol–water partition coefficient (Wildman–Crippen LogP) is 0.263. The zero-order chi connectivity index (χ0) is 7.33. The van der Waals surface area contributed by atoms with E-state index in [1.807, 2.05) is 6.92 Å². The zero-order valence-electron chi connectivity index (χ0n) is 5.16. The molecule has 0 saturated heterocycles. The fraction of sp³-hybridized carbons (Fsp3) is 1.00. The molecule has 0 N–H and O–H groups in total. The van der Waals surface area contributed by atoms with Crippen LogP contribution in [-0.2, 0) is 14.6 Å². The number of hydrogen-bond acceptors (Lipinski definition) is 4. The topological polar surface area (TPSA) is 66.4 Å². The lowest BCUT2D eigenvalue weighted by Crippen LogP contribution is -2.04. The van der Waals surface area contributed by atoms with Crippen LogP contribution in [0.15, 0.2) is 0 Å². The van der Waals surface area contributed by atoms with Gasteiger partial charge in [-0.05, 0) is 6.42 Å². The molecule has 5 heteroatoms. The molecule has 0 aliphatic heterocycles. The van der Waals surface area contributed by atoms with Crippen molar-refractivity contribution in [2.24, 2.45) is 0 Å². The lowest BCUT2D eigenvalue weighted by Gasteiger charge is -2.05. The zero-order valence-corrected chi connectivity index (χ0v) is 5.98. The Kier molecular flexibility index (Phi) is 3.76. The van der Waals surface area contributed by atoms with Crippen LogP contribution in [0.1, 0.15) is 19.8 Å². The summed E-state index contributed by atoms with van der Waals surface area (Å²) in [5.41, 5.74) is 0. The minimum atomic E-state index is -4.45. The molecular weight excluding hydrogens is 144 g/mol. The summed E-state index contributed by atoms with van der Waals surface area (Å²) in [4.78, 5) is 0. The standard InChI is InChI=1S/C4H10O4S/c1-2-3-4-8-9(5,6)7/h2-4H2,1H3,(H,5,6,7)/p-1. The molecule has 0 spiro atoms. The van der Waals surface area contributed by atoms with Crippen LogP contribution in [-0.4, -0.2) is 19.6 Å². The number of unbranched alkanes of at least 4 members (excludes halogenated alkanes) is 1. The summed E-state index contributed by atoms with van der Waals surface area (Å²) in [6.07, 6.45) is 1.41. The van der Waals surface area contributed by atoms with Crippen LogP contribution in [0.4, 0.5) is 0 Å². The van der Waals surface area contributed by atoms with E-state index in [0.29, 0.717) is 6.42 Å². The van der Waals surface area contributed by atoms with E-state index in [1.54, 1.807) is 0 Å². The third-order valence-corrected chi connectivity index (χ3v) is 1.18. The Labute approximate surface area is 54.8 Å². The normalized spacial score (nSPS) is 11.8. The number of hydrogen-bond donors (Lipinski definition) is 0. The van der Waals surface area contributed by atoms with E-state index in [4.69, 9.17) is 0 Å². The maximum atomic E-state index is 9.73. The van der Waals surface area contributed by atoms with Crippen molar-refractivity contribution in [3.63, 3.8) is 0 Å². The third-order valence-electron chi connectivity index (χ3n) is 0.726. The second-order valence-electron chi connectivity index (χ2n) is 1.58. The maximum Gasteiger partial charge on any atom is 0.217 e. The van der Waals surface area contributed by atoms with Gasteiger partial charge in [0.1, 0.15) is 0 Å². The first-order valence-electron chi connectivity index (χ1n) is 2.66. The van der Waals surface area contributed by atoms with Gasteiger partial charge in [0.2, 0.25) is 10.4 Å². The van der Waals surface area contributed by atoms with Gasteiger partial charge in [0, 0.05) is 0 Å². The maximum absolute atomic E-state index is 9.73. The van der Waals surface area contributed by atoms with Crippen molar-refractivity contribution in [3.05, 3.63) is 0 Å². The average Bonchev–Trinajstić information content (AvgIpc) is 1.63. The molecule has 4 nitrogen and oxygen atoms in total. The van der Waals surface area contributed by atoms with Crippen molar-refractivity contribution in [3.8, 4) is 0 Å². The molecule has 0 aromatic heterocycles. The Hall–Kier alpha value is -0.130. The molecule has 0 rings (SSSR count). The summed E-state index contributed by atoms with van der Waals surface area (Å²) in [6, 6.07) is 0. The van der Waals surface area contributed by atoms with Crippen molar-refractivity contribution in [1.82, 2.24) is 0 Å². The molecule has 0 saturated carbocycles. The molecule has 0 aromatic carbocycles. The van der Waals surface area contributed by atoms with Gasteiger partial charge in [-0.2, -0.15) is 0 Å². The average molecular weight is 153 g/mol. The highest BCUT2D eigenvalue weighted by Crippen LogP contribution is 1.91. The van der Waals surface area contributed by atoms with Crippen molar-refractivity contribution < 1.29 is 17.2 Å². The van der Waals surface area contributed by atoms with Crippen LogP contribution in [0.2, 0.25) is 0 Å². The highest BCUT2D eigenvalue weighted by molar-refractivity contribution is 7.80. The van der Waals surface area contributed by atoms with Gasteiger partial charge in [-0.3, -0.25) is 4.18 Å². The second kappa shape index (κ2) is 3.81. The van der Waals surface area contributed by atoms with Gasteiger partial charge in [-0.15, -0.1) is 0 Å². The number of rotatable bonds is 4.